The van der Waals surface area contributed by atoms with Crippen LogP contribution < -0.4 is 4.74 Å². The van der Waals surface area contributed by atoms with E-state index in [0.717, 1.165) is 11.1 Å². The number of allylic oxidation sites excluding steroid dienone is 1. The van der Waals surface area contributed by atoms with Crippen molar-refractivity contribution in [2.24, 2.45) is 0 Å². The molecular formula is C19H18O2. The van der Waals surface area contributed by atoms with E-state index < -0.39 is 0 Å². The van der Waals surface area contributed by atoms with Crippen LogP contribution >= 0.6 is 0 Å². The molecule has 2 nitrogen and oxygen atoms in total. The summed E-state index contributed by atoms with van der Waals surface area (Å²) in [5, 5.41) is 0. The van der Waals surface area contributed by atoms with Gasteiger partial charge in [-0.3, -0.25) is 4.79 Å². The Labute approximate surface area is 125 Å². The quantitative estimate of drug-likeness (QED) is 0.569. The van der Waals surface area contributed by atoms with E-state index in [4.69, 9.17) is 4.74 Å². The van der Waals surface area contributed by atoms with E-state index in [1.165, 1.54) is 0 Å². The third-order valence-electron chi connectivity index (χ3n) is 3.03. The van der Waals surface area contributed by atoms with Crippen LogP contribution in [0.15, 0.2) is 61.2 Å². The summed E-state index contributed by atoms with van der Waals surface area (Å²) in [6, 6.07) is 15.1. The van der Waals surface area contributed by atoms with Gasteiger partial charge in [0.05, 0.1) is 12.2 Å². The van der Waals surface area contributed by atoms with Crippen LogP contribution in [0.4, 0.5) is 0 Å². The fourth-order valence-corrected chi connectivity index (χ4v) is 2.00. The zero-order valence-corrected chi connectivity index (χ0v) is 12.1. The lowest BCUT2D eigenvalue weighted by molar-refractivity contribution is 0.104. The molecule has 0 saturated heterocycles. The zero-order chi connectivity index (χ0) is 15.1. The monoisotopic (exact) mass is 278 g/mol. The minimum atomic E-state index is -0.0666. The number of carbonyl (C=O) groups is 1. The van der Waals surface area contributed by atoms with Crippen molar-refractivity contribution in [3.63, 3.8) is 0 Å². The fraction of sp³-hybridized carbons (Fsp3) is 0.105. The van der Waals surface area contributed by atoms with E-state index in [-0.39, 0.29) is 5.78 Å². The van der Waals surface area contributed by atoms with Gasteiger partial charge in [0.2, 0.25) is 0 Å². The number of carbonyl (C=O) groups excluding carboxylic acids is 1. The first kappa shape index (κ1) is 14.8. The molecule has 0 unspecified atom stereocenters. The van der Waals surface area contributed by atoms with E-state index in [2.05, 4.69) is 6.58 Å². The molecule has 0 heterocycles. The smallest absolute Gasteiger partial charge is 0.189 e. The van der Waals surface area contributed by atoms with Crippen molar-refractivity contribution >= 4 is 17.9 Å². The third kappa shape index (κ3) is 3.93. The maximum absolute atomic E-state index is 12.3. The van der Waals surface area contributed by atoms with Gasteiger partial charge in [0, 0.05) is 0 Å². The average molecular weight is 278 g/mol. The van der Waals surface area contributed by atoms with Crippen molar-refractivity contribution in [3.05, 3.63) is 77.9 Å². The van der Waals surface area contributed by atoms with Crippen LogP contribution in [-0.4, -0.2) is 12.4 Å². The molecular weight excluding hydrogens is 260 g/mol. The van der Waals surface area contributed by atoms with Crippen LogP contribution in [0.1, 0.15) is 28.4 Å². The predicted octanol–water partition coefficient (Wildman–Crippen LogP) is 4.62. The van der Waals surface area contributed by atoms with Gasteiger partial charge in [0.25, 0.3) is 0 Å². The maximum atomic E-state index is 12.3. The van der Waals surface area contributed by atoms with Crippen LogP contribution in [0, 0.1) is 0 Å². The highest BCUT2D eigenvalue weighted by Gasteiger charge is 2.08. The number of ketones is 1. The van der Waals surface area contributed by atoms with Crippen molar-refractivity contribution in [1.29, 1.82) is 0 Å². The molecule has 0 aliphatic rings. The number of ether oxygens (including phenoxy) is 1. The topological polar surface area (TPSA) is 26.3 Å². The second kappa shape index (κ2) is 7.25. The summed E-state index contributed by atoms with van der Waals surface area (Å²) >= 11 is 0. The van der Waals surface area contributed by atoms with Crippen LogP contribution in [0.5, 0.6) is 5.75 Å². The van der Waals surface area contributed by atoms with Gasteiger partial charge in [-0.15, -0.1) is 0 Å². The van der Waals surface area contributed by atoms with Gasteiger partial charge in [-0.2, -0.15) is 0 Å². The second-order valence-corrected chi connectivity index (χ2v) is 4.50. The number of hydrogen-bond acceptors (Lipinski definition) is 2. The summed E-state index contributed by atoms with van der Waals surface area (Å²) in [5.41, 5.74) is 2.57. The molecule has 0 aliphatic heterocycles. The first-order valence-corrected chi connectivity index (χ1v) is 6.91. The van der Waals surface area contributed by atoms with Crippen LogP contribution in [-0.2, 0) is 0 Å². The van der Waals surface area contributed by atoms with Crippen molar-refractivity contribution in [3.8, 4) is 5.75 Å². The highest BCUT2D eigenvalue weighted by Crippen LogP contribution is 2.19. The molecule has 2 aromatic rings. The Morgan fingerprint density at radius 3 is 2.67 bits per heavy atom. The third-order valence-corrected chi connectivity index (χ3v) is 3.03. The van der Waals surface area contributed by atoms with Crippen molar-refractivity contribution in [2.75, 3.05) is 6.61 Å². The molecule has 2 heteroatoms. The molecule has 0 bridgehead atoms. The van der Waals surface area contributed by atoms with Gasteiger partial charge in [-0.25, -0.2) is 0 Å². The van der Waals surface area contributed by atoms with Crippen molar-refractivity contribution in [1.82, 2.24) is 0 Å². The average Bonchev–Trinajstić information content (AvgIpc) is 2.53. The van der Waals surface area contributed by atoms with Crippen molar-refractivity contribution in [2.45, 2.75) is 6.92 Å². The first-order chi connectivity index (χ1) is 10.2. The van der Waals surface area contributed by atoms with Gasteiger partial charge < -0.3 is 4.74 Å². The van der Waals surface area contributed by atoms with E-state index in [1.807, 2.05) is 49.4 Å². The van der Waals surface area contributed by atoms with Crippen LogP contribution in [0.2, 0.25) is 0 Å². The summed E-state index contributed by atoms with van der Waals surface area (Å²) < 4.78 is 5.48. The molecule has 0 fully saturated rings. The lowest BCUT2D eigenvalue weighted by atomic mass is 10.1. The molecule has 0 spiro atoms. The van der Waals surface area contributed by atoms with Crippen molar-refractivity contribution < 1.29 is 9.53 Å². The van der Waals surface area contributed by atoms with E-state index in [1.54, 1.807) is 24.3 Å². The van der Waals surface area contributed by atoms with Gasteiger partial charge in [-0.05, 0) is 42.3 Å². The molecule has 0 radical (unpaired) electrons. The highest BCUT2D eigenvalue weighted by atomic mass is 16.5. The molecule has 0 N–H and O–H groups in total. The summed E-state index contributed by atoms with van der Waals surface area (Å²) in [4.78, 5) is 12.3. The minimum Gasteiger partial charge on any atom is -0.493 e. The summed E-state index contributed by atoms with van der Waals surface area (Å²) in [5.74, 6) is 0.553. The van der Waals surface area contributed by atoms with E-state index in [9.17, 15) is 4.79 Å². The predicted molar refractivity (Wildman–Crippen MR) is 87.5 cm³/mol. The molecule has 0 aliphatic carbocycles. The Balaban J connectivity index is 2.21. The molecule has 106 valence electrons. The zero-order valence-electron chi connectivity index (χ0n) is 12.1. The molecule has 21 heavy (non-hydrogen) atoms. The second-order valence-electron chi connectivity index (χ2n) is 4.50. The Hall–Kier alpha value is -2.61. The summed E-state index contributed by atoms with van der Waals surface area (Å²) in [7, 11) is 0. The summed E-state index contributed by atoms with van der Waals surface area (Å²) in [6.07, 6.45) is 5.15. The Kier molecular flexibility index (Phi) is 5.10. The number of para-hydroxylation sites is 1. The van der Waals surface area contributed by atoms with Crippen LogP contribution in [0.3, 0.4) is 0 Å². The minimum absolute atomic E-state index is 0.0666. The van der Waals surface area contributed by atoms with Gasteiger partial charge in [0.15, 0.2) is 5.78 Å². The molecule has 2 aromatic carbocycles. The molecule has 2 rings (SSSR count). The maximum Gasteiger partial charge on any atom is 0.189 e. The Morgan fingerprint density at radius 1 is 1.14 bits per heavy atom. The molecule has 0 saturated carbocycles. The molecule has 0 aromatic heterocycles. The standard InChI is InChI=1S/C19H18O2/c1-3-15-8-7-9-16(14-15)12-13-18(20)17-10-5-6-11-19(17)21-4-2/h3,5-14H,1,4H2,2H3. The van der Waals surface area contributed by atoms with Gasteiger partial charge >= 0.3 is 0 Å². The van der Waals surface area contributed by atoms with E-state index >= 15 is 0 Å². The SMILES string of the molecule is C=Cc1cccc(C=CC(=O)c2ccccc2OCC)c1. The lowest BCUT2D eigenvalue weighted by Gasteiger charge is -2.06. The van der Waals surface area contributed by atoms with E-state index in [0.29, 0.717) is 17.9 Å². The lowest BCUT2D eigenvalue weighted by Crippen LogP contribution is -2.01. The number of hydrogen-bond donors (Lipinski definition) is 0. The largest absolute Gasteiger partial charge is 0.493 e. The highest BCUT2D eigenvalue weighted by molar-refractivity contribution is 6.08. The van der Waals surface area contributed by atoms with Gasteiger partial charge in [-0.1, -0.05) is 49.1 Å². The molecule has 0 amide bonds. The summed E-state index contributed by atoms with van der Waals surface area (Å²) in [6.45, 7) is 6.18. The fourth-order valence-electron chi connectivity index (χ4n) is 2.00. The number of benzene rings is 2. The van der Waals surface area contributed by atoms with Gasteiger partial charge in [0.1, 0.15) is 5.75 Å². The Morgan fingerprint density at radius 2 is 1.90 bits per heavy atom. The normalized spacial score (nSPS) is 10.5. The number of rotatable bonds is 6. The Bertz CT molecular complexity index is 669. The van der Waals surface area contributed by atoms with Crippen LogP contribution in [0.25, 0.3) is 12.2 Å². The first-order valence-electron chi connectivity index (χ1n) is 6.91. The molecule has 0 atom stereocenters.